The minimum absolute atomic E-state index is 0.00697. The largest absolute Gasteiger partial charge is 0.339 e. The first kappa shape index (κ1) is 19.9. The van der Waals surface area contributed by atoms with Crippen LogP contribution in [0.25, 0.3) is 5.70 Å². The highest BCUT2D eigenvalue weighted by molar-refractivity contribution is 6.00. The topological polar surface area (TPSA) is 52.0 Å². The number of aromatic nitrogens is 1. The van der Waals surface area contributed by atoms with E-state index in [-0.39, 0.29) is 11.3 Å². The molecular formula is C25H29N5O. The molecule has 1 aromatic carbocycles. The Morgan fingerprint density at radius 3 is 2.45 bits per heavy atom. The van der Waals surface area contributed by atoms with Crippen LogP contribution in [-0.2, 0) is 0 Å². The van der Waals surface area contributed by atoms with Crippen molar-refractivity contribution in [1.82, 2.24) is 19.7 Å². The highest BCUT2D eigenvalue weighted by Crippen LogP contribution is 2.38. The molecule has 0 radical (unpaired) electrons. The molecule has 0 atom stereocenters. The monoisotopic (exact) mass is 415 g/mol. The van der Waals surface area contributed by atoms with Crippen LogP contribution in [0.2, 0.25) is 0 Å². The number of hydrogen-bond acceptors (Lipinski definition) is 6. The maximum absolute atomic E-state index is 13.3. The minimum Gasteiger partial charge on any atom is -0.339 e. The van der Waals surface area contributed by atoms with E-state index in [1.54, 1.807) is 12.4 Å². The first-order valence-corrected chi connectivity index (χ1v) is 11.1. The molecule has 1 aromatic heterocycles. The van der Waals surface area contributed by atoms with Crippen molar-refractivity contribution in [2.45, 2.75) is 24.8 Å². The summed E-state index contributed by atoms with van der Waals surface area (Å²) in [5, 5.41) is 0. The molecule has 3 aliphatic rings. The molecule has 0 bridgehead atoms. The Hall–Kier alpha value is -2.99. The number of Topliss-reactive ketones (excluding diaryl/α,β-unsaturated/α-hetero) is 1. The third-order valence-corrected chi connectivity index (χ3v) is 6.96. The number of pyridine rings is 1. The zero-order valence-electron chi connectivity index (χ0n) is 18.1. The number of benzene rings is 1. The lowest BCUT2D eigenvalue weighted by Crippen LogP contribution is -2.66. The Balaban J connectivity index is 1.51. The normalized spacial score (nSPS) is 20.8. The quantitative estimate of drug-likeness (QED) is 0.718. The highest BCUT2D eigenvalue weighted by atomic mass is 16.1. The van der Waals surface area contributed by atoms with E-state index in [0.717, 1.165) is 68.2 Å². The fourth-order valence-electron chi connectivity index (χ4n) is 4.97. The summed E-state index contributed by atoms with van der Waals surface area (Å²) >= 11 is 0. The van der Waals surface area contributed by atoms with E-state index in [2.05, 4.69) is 32.8 Å². The standard InChI is InChI=1S/C25H29N5O/c1-28-16-10-25(11-17-28)12-18-29-15-9-22(20-7-13-26-14-8-20)27-24(29)30(25)19-23(31)21-5-3-2-4-6-21/h2-9,13-14H,10-12,15-19H2,1H3. The zero-order chi connectivity index (χ0) is 21.3. The number of rotatable bonds is 4. The molecule has 2 fully saturated rings. The number of likely N-dealkylation sites (tertiary alicyclic amines) is 1. The fourth-order valence-corrected chi connectivity index (χ4v) is 4.97. The first-order valence-electron chi connectivity index (χ1n) is 11.1. The van der Waals surface area contributed by atoms with Crippen LogP contribution in [0.1, 0.15) is 35.2 Å². The molecule has 5 rings (SSSR count). The van der Waals surface area contributed by atoms with E-state index in [4.69, 9.17) is 4.99 Å². The highest BCUT2D eigenvalue weighted by Gasteiger charge is 2.46. The van der Waals surface area contributed by atoms with Gasteiger partial charge in [-0.15, -0.1) is 0 Å². The molecule has 6 nitrogen and oxygen atoms in total. The zero-order valence-corrected chi connectivity index (χ0v) is 18.1. The van der Waals surface area contributed by atoms with Crippen molar-refractivity contribution < 1.29 is 4.79 Å². The molecule has 2 saturated heterocycles. The van der Waals surface area contributed by atoms with Gasteiger partial charge in [-0.05, 0) is 44.5 Å². The summed E-state index contributed by atoms with van der Waals surface area (Å²) in [6.07, 6.45) is 8.99. The van der Waals surface area contributed by atoms with Crippen molar-refractivity contribution in [3.8, 4) is 0 Å². The molecule has 2 aromatic rings. The third kappa shape index (κ3) is 3.88. The number of carbonyl (C=O) groups excluding carboxylic acids is 1. The molecule has 4 heterocycles. The van der Waals surface area contributed by atoms with Gasteiger partial charge in [0.2, 0.25) is 5.96 Å². The van der Waals surface area contributed by atoms with Crippen LogP contribution in [0, 0.1) is 0 Å². The lowest BCUT2D eigenvalue weighted by Gasteiger charge is -2.55. The van der Waals surface area contributed by atoms with Gasteiger partial charge < -0.3 is 14.7 Å². The van der Waals surface area contributed by atoms with Crippen molar-refractivity contribution in [2.75, 3.05) is 39.8 Å². The van der Waals surface area contributed by atoms with Gasteiger partial charge in [0.15, 0.2) is 5.78 Å². The van der Waals surface area contributed by atoms with Gasteiger partial charge in [0.05, 0.1) is 12.2 Å². The van der Waals surface area contributed by atoms with E-state index in [1.165, 1.54) is 0 Å². The molecule has 160 valence electrons. The second-order valence-electron chi connectivity index (χ2n) is 8.84. The number of hydrogen-bond donors (Lipinski definition) is 0. The number of ketones is 1. The molecule has 0 N–H and O–H groups in total. The van der Waals surface area contributed by atoms with Crippen LogP contribution in [0.5, 0.6) is 0 Å². The molecule has 31 heavy (non-hydrogen) atoms. The number of fused-ring (bicyclic) bond motifs is 1. The molecular weight excluding hydrogens is 386 g/mol. The van der Waals surface area contributed by atoms with Gasteiger partial charge in [-0.3, -0.25) is 9.78 Å². The smallest absolute Gasteiger partial charge is 0.203 e. The van der Waals surface area contributed by atoms with E-state index in [9.17, 15) is 4.79 Å². The first-order chi connectivity index (χ1) is 15.1. The summed E-state index contributed by atoms with van der Waals surface area (Å²) in [4.78, 5) is 29.6. The second-order valence-corrected chi connectivity index (χ2v) is 8.84. The van der Waals surface area contributed by atoms with Crippen molar-refractivity contribution in [3.05, 3.63) is 72.1 Å². The average Bonchev–Trinajstić information content (AvgIpc) is 2.83. The van der Waals surface area contributed by atoms with E-state index in [0.29, 0.717) is 6.54 Å². The summed E-state index contributed by atoms with van der Waals surface area (Å²) in [5.74, 6) is 1.11. The van der Waals surface area contributed by atoms with Crippen molar-refractivity contribution in [2.24, 2.45) is 4.99 Å². The molecule has 3 aliphatic heterocycles. The van der Waals surface area contributed by atoms with Crippen molar-refractivity contribution >= 4 is 17.4 Å². The van der Waals surface area contributed by atoms with Gasteiger partial charge in [0, 0.05) is 55.2 Å². The van der Waals surface area contributed by atoms with Crippen LogP contribution < -0.4 is 0 Å². The van der Waals surface area contributed by atoms with Gasteiger partial charge in [0.1, 0.15) is 0 Å². The number of piperidine rings is 1. The van der Waals surface area contributed by atoms with E-state index in [1.807, 2.05) is 42.5 Å². The lowest BCUT2D eigenvalue weighted by molar-refractivity contribution is 0.0342. The van der Waals surface area contributed by atoms with Crippen LogP contribution >= 0.6 is 0 Å². The van der Waals surface area contributed by atoms with Gasteiger partial charge in [-0.1, -0.05) is 30.3 Å². The average molecular weight is 416 g/mol. The number of guanidine groups is 1. The number of aliphatic imine (C=N–C) groups is 1. The molecule has 0 aliphatic carbocycles. The Bertz CT molecular complexity index is 993. The van der Waals surface area contributed by atoms with E-state index >= 15 is 0 Å². The molecule has 0 saturated carbocycles. The SMILES string of the molecule is CN1CCC2(CC1)CCN1CC=C(c3ccncc3)N=C1N2CC(=O)c1ccccc1. The van der Waals surface area contributed by atoms with Gasteiger partial charge in [0.25, 0.3) is 0 Å². The van der Waals surface area contributed by atoms with Crippen molar-refractivity contribution in [3.63, 3.8) is 0 Å². The second kappa shape index (κ2) is 8.27. The summed E-state index contributed by atoms with van der Waals surface area (Å²) in [6, 6.07) is 13.6. The summed E-state index contributed by atoms with van der Waals surface area (Å²) in [5.41, 5.74) is 2.80. The molecule has 0 amide bonds. The Labute approximate surface area is 183 Å². The predicted octanol–water partition coefficient (Wildman–Crippen LogP) is 3.15. The summed E-state index contributed by atoms with van der Waals surface area (Å²) < 4.78 is 0. The summed E-state index contributed by atoms with van der Waals surface area (Å²) in [6.45, 7) is 4.28. The van der Waals surface area contributed by atoms with Crippen LogP contribution in [0.4, 0.5) is 0 Å². The van der Waals surface area contributed by atoms with Gasteiger partial charge in [-0.25, -0.2) is 4.99 Å². The maximum Gasteiger partial charge on any atom is 0.203 e. The van der Waals surface area contributed by atoms with Gasteiger partial charge in [-0.2, -0.15) is 0 Å². The Morgan fingerprint density at radius 2 is 1.71 bits per heavy atom. The number of nitrogens with zero attached hydrogens (tertiary/aromatic N) is 5. The van der Waals surface area contributed by atoms with Crippen LogP contribution in [0.3, 0.4) is 0 Å². The van der Waals surface area contributed by atoms with Crippen molar-refractivity contribution in [1.29, 1.82) is 0 Å². The number of carbonyl (C=O) groups is 1. The molecule has 0 unspecified atom stereocenters. The maximum atomic E-state index is 13.3. The summed E-state index contributed by atoms with van der Waals surface area (Å²) in [7, 11) is 2.18. The third-order valence-electron chi connectivity index (χ3n) is 6.96. The van der Waals surface area contributed by atoms with Crippen LogP contribution in [0.15, 0.2) is 65.9 Å². The van der Waals surface area contributed by atoms with Crippen LogP contribution in [-0.4, -0.2) is 76.7 Å². The predicted molar refractivity (Wildman–Crippen MR) is 123 cm³/mol. The molecule has 6 heteroatoms. The minimum atomic E-state index is -0.00697. The van der Waals surface area contributed by atoms with E-state index < -0.39 is 0 Å². The Kier molecular flexibility index (Phi) is 5.32. The fraction of sp³-hybridized carbons (Fsp3) is 0.400. The Morgan fingerprint density at radius 1 is 1.00 bits per heavy atom. The molecule has 1 spiro atoms. The van der Waals surface area contributed by atoms with Gasteiger partial charge >= 0.3 is 0 Å². The lowest BCUT2D eigenvalue weighted by atomic mass is 9.80.